The standard InChI is InChI=1S/C10H11FO2/c1-6-3-4-8(7(2)5-6)9(11)10(12)13/h3-5,9H,1-2H3,(H,12,13). The number of carboxylic acids is 1. The Hall–Kier alpha value is -1.38. The second-order valence-electron chi connectivity index (χ2n) is 3.06. The highest BCUT2D eigenvalue weighted by atomic mass is 19.1. The Morgan fingerprint density at radius 1 is 1.46 bits per heavy atom. The van der Waals surface area contributed by atoms with Gasteiger partial charge in [0.15, 0.2) is 0 Å². The van der Waals surface area contributed by atoms with Crippen molar-refractivity contribution < 1.29 is 14.3 Å². The first-order valence-corrected chi connectivity index (χ1v) is 3.96. The van der Waals surface area contributed by atoms with Crippen molar-refractivity contribution >= 4 is 5.97 Å². The van der Waals surface area contributed by atoms with Crippen LogP contribution in [0.15, 0.2) is 18.2 Å². The maximum atomic E-state index is 13.1. The van der Waals surface area contributed by atoms with Gasteiger partial charge in [-0.3, -0.25) is 0 Å². The fraction of sp³-hybridized carbons (Fsp3) is 0.300. The molecule has 2 nitrogen and oxygen atoms in total. The summed E-state index contributed by atoms with van der Waals surface area (Å²) in [5.41, 5.74) is 1.91. The van der Waals surface area contributed by atoms with Crippen LogP contribution in [0, 0.1) is 13.8 Å². The molecule has 0 fully saturated rings. The topological polar surface area (TPSA) is 37.3 Å². The number of alkyl halides is 1. The van der Waals surface area contributed by atoms with Crippen LogP contribution in [-0.4, -0.2) is 11.1 Å². The summed E-state index contributed by atoms with van der Waals surface area (Å²) in [7, 11) is 0. The molecule has 1 aromatic carbocycles. The lowest BCUT2D eigenvalue weighted by atomic mass is 10.0. The van der Waals surface area contributed by atoms with Crippen LogP contribution in [0.1, 0.15) is 22.9 Å². The highest BCUT2D eigenvalue weighted by molar-refractivity contribution is 5.74. The molecule has 0 aromatic heterocycles. The van der Waals surface area contributed by atoms with Crippen LogP contribution in [-0.2, 0) is 4.79 Å². The summed E-state index contributed by atoms with van der Waals surface area (Å²) in [5, 5.41) is 8.45. The van der Waals surface area contributed by atoms with Gasteiger partial charge in [0.2, 0.25) is 6.17 Å². The molecule has 0 saturated carbocycles. The third kappa shape index (κ3) is 2.05. The molecule has 0 aliphatic rings. The van der Waals surface area contributed by atoms with E-state index in [4.69, 9.17) is 5.11 Å². The molecule has 1 N–H and O–H groups in total. The van der Waals surface area contributed by atoms with E-state index in [1.165, 1.54) is 6.07 Å². The molecule has 0 bridgehead atoms. The van der Waals surface area contributed by atoms with E-state index in [1.807, 2.05) is 6.92 Å². The Balaban J connectivity index is 3.08. The lowest BCUT2D eigenvalue weighted by Crippen LogP contribution is -2.07. The third-order valence-electron chi connectivity index (χ3n) is 1.92. The van der Waals surface area contributed by atoms with Crippen LogP contribution < -0.4 is 0 Å². The Kier molecular flexibility index (Phi) is 2.66. The monoisotopic (exact) mass is 182 g/mol. The van der Waals surface area contributed by atoms with Gasteiger partial charge in [0.1, 0.15) is 0 Å². The number of carbonyl (C=O) groups is 1. The summed E-state index contributed by atoms with van der Waals surface area (Å²) < 4.78 is 13.1. The van der Waals surface area contributed by atoms with Gasteiger partial charge >= 0.3 is 5.97 Å². The molecule has 1 atom stereocenters. The number of aliphatic carboxylic acids is 1. The predicted molar refractivity (Wildman–Crippen MR) is 47.4 cm³/mol. The summed E-state index contributed by atoms with van der Waals surface area (Å²) in [6.07, 6.45) is -1.92. The first-order valence-electron chi connectivity index (χ1n) is 3.96. The van der Waals surface area contributed by atoms with E-state index >= 15 is 0 Å². The summed E-state index contributed by atoms with van der Waals surface area (Å²) in [6.45, 7) is 3.59. The van der Waals surface area contributed by atoms with Crippen molar-refractivity contribution in [2.75, 3.05) is 0 Å². The minimum Gasteiger partial charge on any atom is -0.479 e. The summed E-state index contributed by atoms with van der Waals surface area (Å²) in [5.74, 6) is -1.44. The van der Waals surface area contributed by atoms with Gasteiger partial charge in [-0.15, -0.1) is 0 Å². The molecular weight excluding hydrogens is 171 g/mol. The minimum absolute atomic E-state index is 0.234. The van der Waals surface area contributed by atoms with Crippen LogP contribution in [0.2, 0.25) is 0 Å². The van der Waals surface area contributed by atoms with E-state index in [0.717, 1.165) is 5.56 Å². The molecule has 0 spiro atoms. The Bertz CT molecular complexity index is 334. The molecule has 0 aliphatic heterocycles. The van der Waals surface area contributed by atoms with Crippen LogP contribution >= 0.6 is 0 Å². The summed E-state index contributed by atoms with van der Waals surface area (Å²) in [4.78, 5) is 10.4. The van der Waals surface area contributed by atoms with Gasteiger partial charge < -0.3 is 5.11 Å². The molecule has 3 heteroatoms. The van der Waals surface area contributed by atoms with Gasteiger partial charge in [0.25, 0.3) is 0 Å². The zero-order chi connectivity index (χ0) is 10.0. The molecular formula is C10H11FO2. The smallest absolute Gasteiger partial charge is 0.343 e. The lowest BCUT2D eigenvalue weighted by molar-refractivity contribution is -0.143. The van der Waals surface area contributed by atoms with E-state index in [-0.39, 0.29) is 5.56 Å². The van der Waals surface area contributed by atoms with E-state index in [2.05, 4.69) is 0 Å². The lowest BCUT2D eigenvalue weighted by Gasteiger charge is -2.07. The minimum atomic E-state index is -1.92. The second-order valence-corrected chi connectivity index (χ2v) is 3.06. The quantitative estimate of drug-likeness (QED) is 0.762. The predicted octanol–water partition coefficient (Wildman–Crippen LogP) is 2.40. The molecule has 70 valence electrons. The highest BCUT2D eigenvalue weighted by Crippen LogP contribution is 2.22. The Morgan fingerprint density at radius 2 is 2.08 bits per heavy atom. The van der Waals surface area contributed by atoms with E-state index < -0.39 is 12.1 Å². The number of aryl methyl sites for hydroxylation is 2. The van der Waals surface area contributed by atoms with Crippen molar-refractivity contribution in [2.24, 2.45) is 0 Å². The van der Waals surface area contributed by atoms with Crippen LogP contribution in [0.4, 0.5) is 4.39 Å². The molecule has 0 amide bonds. The van der Waals surface area contributed by atoms with Gasteiger partial charge in [-0.25, -0.2) is 9.18 Å². The zero-order valence-electron chi connectivity index (χ0n) is 7.54. The van der Waals surface area contributed by atoms with Crippen molar-refractivity contribution in [1.82, 2.24) is 0 Å². The largest absolute Gasteiger partial charge is 0.479 e. The molecule has 0 radical (unpaired) electrons. The van der Waals surface area contributed by atoms with Crippen molar-refractivity contribution in [3.63, 3.8) is 0 Å². The molecule has 0 aliphatic carbocycles. The van der Waals surface area contributed by atoms with Crippen molar-refractivity contribution in [2.45, 2.75) is 20.0 Å². The molecule has 1 aromatic rings. The SMILES string of the molecule is Cc1ccc(C(F)C(=O)O)c(C)c1. The number of hydrogen-bond acceptors (Lipinski definition) is 1. The number of benzene rings is 1. The van der Waals surface area contributed by atoms with E-state index in [9.17, 15) is 9.18 Å². The van der Waals surface area contributed by atoms with Gasteiger partial charge in [0, 0.05) is 5.56 Å². The normalized spacial score (nSPS) is 12.5. The van der Waals surface area contributed by atoms with Crippen LogP contribution in [0.3, 0.4) is 0 Å². The van der Waals surface area contributed by atoms with Gasteiger partial charge in [0.05, 0.1) is 0 Å². The fourth-order valence-electron chi connectivity index (χ4n) is 1.24. The fourth-order valence-corrected chi connectivity index (χ4v) is 1.24. The first kappa shape index (κ1) is 9.71. The van der Waals surface area contributed by atoms with E-state index in [0.29, 0.717) is 5.56 Å². The maximum Gasteiger partial charge on any atom is 0.343 e. The molecule has 13 heavy (non-hydrogen) atoms. The van der Waals surface area contributed by atoms with Crippen molar-refractivity contribution in [3.8, 4) is 0 Å². The van der Waals surface area contributed by atoms with Gasteiger partial charge in [-0.05, 0) is 19.4 Å². The zero-order valence-corrected chi connectivity index (χ0v) is 7.54. The Labute approximate surface area is 76.0 Å². The van der Waals surface area contributed by atoms with Gasteiger partial charge in [-0.2, -0.15) is 0 Å². The number of rotatable bonds is 2. The van der Waals surface area contributed by atoms with Crippen molar-refractivity contribution in [3.05, 3.63) is 34.9 Å². The maximum absolute atomic E-state index is 13.1. The van der Waals surface area contributed by atoms with Crippen LogP contribution in [0.5, 0.6) is 0 Å². The van der Waals surface area contributed by atoms with Gasteiger partial charge in [-0.1, -0.05) is 23.8 Å². The average Bonchev–Trinajstić information content (AvgIpc) is 2.03. The summed E-state index contributed by atoms with van der Waals surface area (Å²) in [6, 6.07) is 4.99. The number of halogens is 1. The molecule has 0 saturated heterocycles. The highest BCUT2D eigenvalue weighted by Gasteiger charge is 2.19. The molecule has 1 rings (SSSR count). The number of carboxylic acid groups (broad SMARTS) is 1. The van der Waals surface area contributed by atoms with Crippen molar-refractivity contribution in [1.29, 1.82) is 0 Å². The first-order chi connectivity index (χ1) is 6.02. The molecule has 0 heterocycles. The third-order valence-corrected chi connectivity index (χ3v) is 1.92. The molecule has 1 unspecified atom stereocenters. The summed E-state index contributed by atoms with van der Waals surface area (Å²) >= 11 is 0. The van der Waals surface area contributed by atoms with Crippen LogP contribution in [0.25, 0.3) is 0 Å². The Morgan fingerprint density at radius 3 is 2.54 bits per heavy atom. The second kappa shape index (κ2) is 3.56. The number of hydrogen-bond donors (Lipinski definition) is 1. The van der Waals surface area contributed by atoms with E-state index in [1.54, 1.807) is 19.1 Å². The average molecular weight is 182 g/mol.